The summed E-state index contributed by atoms with van der Waals surface area (Å²) in [5.74, 6) is 1.30. The fourth-order valence-electron chi connectivity index (χ4n) is 4.29. The monoisotopic (exact) mass is 525 g/mol. The SMILES string of the molecule is CCOC(=O)c1c(NC(=O)CCSc2nc(-c3ccco3)c(-c3ccco3)[nH]2)sc2c1CCCCC2. The van der Waals surface area contributed by atoms with Crippen LogP contribution in [0.4, 0.5) is 5.00 Å². The van der Waals surface area contributed by atoms with E-state index in [1.165, 1.54) is 28.0 Å². The van der Waals surface area contributed by atoms with Gasteiger partial charge in [-0.05, 0) is 62.4 Å². The van der Waals surface area contributed by atoms with E-state index in [9.17, 15) is 9.59 Å². The number of thiophene rings is 1. The third-order valence-electron chi connectivity index (χ3n) is 5.93. The minimum atomic E-state index is -0.354. The summed E-state index contributed by atoms with van der Waals surface area (Å²) in [4.78, 5) is 34.7. The Kier molecular flexibility index (Phi) is 7.62. The maximum Gasteiger partial charge on any atom is 0.341 e. The summed E-state index contributed by atoms with van der Waals surface area (Å²) >= 11 is 2.95. The summed E-state index contributed by atoms with van der Waals surface area (Å²) in [6, 6.07) is 7.32. The van der Waals surface area contributed by atoms with Crippen LogP contribution in [0, 0.1) is 0 Å². The number of hydrogen-bond donors (Lipinski definition) is 2. The number of carbonyl (C=O) groups is 2. The van der Waals surface area contributed by atoms with Crippen molar-refractivity contribution in [3.8, 4) is 22.9 Å². The Morgan fingerprint density at radius 3 is 2.67 bits per heavy atom. The van der Waals surface area contributed by atoms with E-state index < -0.39 is 0 Å². The molecule has 0 spiro atoms. The van der Waals surface area contributed by atoms with E-state index >= 15 is 0 Å². The van der Waals surface area contributed by atoms with E-state index in [0.29, 0.717) is 45.3 Å². The van der Waals surface area contributed by atoms with Gasteiger partial charge in [-0.25, -0.2) is 9.78 Å². The highest BCUT2D eigenvalue weighted by atomic mass is 32.2. The molecule has 0 aromatic carbocycles. The number of rotatable bonds is 9. The van der Waals surface area contributed by atoms with Crippen LogP contribution in [0.15, 0.2) is 50.8 Å². The first-order valence-electron chi connectivity index (χ1n) is 12.1. The lowest BCUT2D eigenvalue weighted by Crippen LogP contribution is -2.15. The van der Waals surface area contributed by atoms with Gasteiger partial charge >= 0.3 is 5.97 Å². The zero-order valence-corrected chi connectivity index (χ0v) is 21.6. The number of aromatic amines is 1. The van der Waals surface area contributed by atoms with Crippen molar-refractivity contribution in [2.75, 3.05) is 17.7 Å². The van der Waals surface area contributed by atoms with Crippen LogP contribution in [-0.4, -0.2) is 34.2 Å². The fourth-order valence-corrected chi connectivity index (χ4v) is 6.39. The van der Waals surface area contributed by atoms with E-state index in [4.69, 9.17) is 13.6 Å². The predicted octanol–water partition coefficient (Wildman–Crippen LogP) is 6.56. The first-order valence-corrected chi connectivity index (χ1v) is 13.9. The molecule has 4 aromatic heterocycles. The smallest absolute Gasteiger partial charge is 0.341 e. The molecule has 1 aliphatic carbocycles. The van der Waals surface area contributed by atoms with Crippen LogP contribution >= 0.6 is 23.1 Å². The molecule has 1 amide bonds. The molecule has 10 heteroatoms. The van der Waals surface area contributed by atoms with Crippen molar-refractivity contribution in [2.45, 2.75) is 50.6 Å². The zero-order valence-electron chi connectivity index (χ0n) is 19.9. The molecule has 0 atom stereocenters. The minimum Gasteiger partial charge on any atom is -0.463 e. The Morgan fingerprint density at radius 1 is 1.14 bits per heavy atom. The Balaban J connectivity index is 1.26. The summed E-state index contributed by atoms with van der Waals surface area (Å²) < 4.78 is 16.4. The lowest BCUT2D eigenvalue weighted by atomic mass is 10.1. The largest absolute Gasteiger partial charge is 0.463 e. The molecule has 2 N–H and O–H groups in total. The molecule has 0 bridgehead atoms. The molecule has 4 heterocycles. The van der Waals surface area contributed by atoms with E-state index in [1.807, 2.05) is 24.3 Å². The Morgan fingerprint density at radius 2 is 1.92 bits per heavy atom. The van der Waals surface area contributed by atoms with Crippen molar-refractivity contribution < 1.29 is 23.2 Å². The molecule has 4 aromatic rings. The molecule has 0 radical (unpaired) electrons. The Labute approximate surface area is 216 Å². The maximum atomic E-state index is 12.8. The number of imidazole rings is 1. The van der Waals surface area contributed by atoms with Gasteiger partial charge in [0.15, 0.2) is 16.7 Å². The van der Waals surface area contributed by atoms with Gasteiger partial charge in [0.25, 0.3) is 0 Å². The second-order valence-electron chi connectivity index (χ2n) is 8.36. The van der Waals surface area contributed by atoms with Gasteiger partial charge in [0.1, 0.15) is 16.4 Å². The van der Waals surface area contributed by atoms with Gasteiger partial charge in [-0.15, -0.1) is 11.3 Å². The lowest BCUT2D eigenvalue weighted by Gasteiger charge is -2.08. The summed E-state index contributed by atoms with van der Waals surface area (Å²) in [5, 5.41) is 4.25. The summed E-state index contributed by atoms with van der Waals surface area (Å²) in [5.41, 5.74) is 2.96. The molecule has 0 aliphatic heterocycles. The number of ether oxygens (including phenoxy) is 1. The number of nitrogens with zero attached hydrogens (tertiary/aromatic N) is 1. The number of esters is 1. The van der Waals surface area contributed by atoms with E-state index in [0.717, 1.165) is 43.4 Å². The van der Waals surface area contributed by atoms with Crippen molar-refractivity contribution in [1.29, 1.82) is 0 Å². The topological polar surface area (TPSA) is 110 Å². The normalized spacial score (nSPS) is 13.2. The summed E-state index contributed by atoms with van der Waals surface area (Å²) in [6.07, 6.45) is 8.55. The number of nitrogens with one attached hydrogen (secondary N) is 2. The minimum absolute atomic E-state index is 0.145. The van der Waals surface area contributed by atoms with Crippen LogP contribution in [0.25, 0.3) is 22.9 Å². The highest BCUT2D eigenvalue weighted by Gasteiger charge is 2.26. The number of furan rings is 2. The third kappa shape index (κ3) is 5.29. The number of aromatic nitrogens is 2. The molecular formula is C26H27N3O5S2. The Hall–Kier alpha value is -3.24. The Bertz CT molecular complexity index is 1270. The van der Waals surface area contributed by atoms with Crippen molar-refractivity contribution in [3.05, 3.63) is 52.8 Å². The van der Waals surface area contributed by atoms with Crippen LogP contribution in [0.5, 0.6) is 0 Å². The van der Waals surface area contributed by atoms with Gasteiger partial charge in [-0.1, -0.05) is 18.2 Å². The van der Waals surface area contributed by atoms with Gasteiger partial charge in [-0.2, -0.15) is 0 Å². The van der Waals surface area contributed by atoms with Crippen molar-refractivity contribution in [2.24, 2.45) is 0 Å². The van der Waals surface area contributed by atoms with Crippen LogP contribution in [-0.2, 0) is 22.4 Å². The fraction of sp³-hybridized carbons (Fsp3) is 0.346. The average Bonchev–Trinajstić information content (AvgIpc) is 3.65. The van der Waals surface area contributed by atoms with Gasteiger partial charge in [0, 0.05) is 17.1 Å². The average molecular weight is 526 g/mol. The number of amides is 1. The standard InChI is InChI=1S/C26H27N3O5S2/c1-2-32-25(31)21-16-8-4-3-5-11-19(16)36-24(21)27-20(30)12-15-35-26-28-22(17-9-6-13-33-17)23(29-26)18-10-7-14-34-18/h6-7,9-10,13-14H,2-5,8,11-12,15H2,1H3,(H,27,30)(H,28,29). The molecule has 0 saturated heterocycles. The van der Waals surface area contributed by atoms with Crippen LogP contribution in [0.2, 0.25) is 0 Å². The molecule has 36 heavy (non-hydrogen) atoms. The molecular weight excluding hydrogens is 498 g/mol. The number of aryl methyl sites for hydroxylation is 1. The number of anilines is 1. The molecule has 1 aliphatic rings. The summed E-state index contributed by atoms with van der Waals surface area (Å²) in [6.45, 7) is 2.10. The molecule has 0 unspecified atom stereocenters. The number of hydrogen-bond acceptors (Lipinski definition) is 8. The number of fused-ring (bicyclic) bond motifs is 1. The highest BCUT2D eigenvalue weighted by molar-refractivity contribution is 7.99. The quantitative estimate of drug-likeness (QED) is 0.145. The van der Waals surface area contributed by atoms with Crippen molar-refractivity contribution in [3.63, 3.8) is 0 Å². The second-order valence-corrected chi connectivity index (χ2v) is 10.5. The zero-order chi connectivity index (χ0) is 24.9. The maximum absolute atomic E-state index is 12.8. The van der Waals surface area contributed by atoms with Crippen LogP contribution < -0.4 is 5.32 Å². The van der Waals surface area contributed by atoms with Crippen LogP contribution in [0.3, 0.4) is 0 Å². The second kappa shape index (κ2) is 11.2. The first-order chi connectivity index (χ1) is 17.6. The van der Waals surface area contributed by atoms with E-state index in [1.54, 1.807) is 19.5 Å². The lowest BCUT2D eigenvalue weighted by molar-refractivity contribution is -0.115. The predicted molar refractivity (Wildman–Crippen MR) is 139 cm³/mol. The van der Waals surface area contributed by atoms with Gasteiger partial charge < -0.3 is 23.9 Å². The van der Waals surface area contributed by atoms with Gasteiger partial charge in [0.2, 0.25) is 5.91 Å². The number of H-pyrrole nitrogens is 1. The third-order valence-corrected chi connectivity index (χ3v) is 8.01. The molecule has 188 valence electrons. The van der Waals surface area contributed by atoms with Gasteiger partial charge in [0.05, 0.1) is 24.7 Å². The van der Waals surface area contributed by atoms with Gasteiger partial charge in [-0.3, -0.25) is 4.79 Å². The van der Waals surface area contributed by atoms with E-state index in [2.05, 4.69) is 15.3 Å². The van der Waals surface area contributed by atoms with Crippen molar-refractivity contribution in [1.82, 2.24) is 9.97 Å². The molecule has 5 rings (SSSR count). The highest BCUT2D eigenvalue weighted by Crippen LogP contribution is 2.38. The molecule has 8 nitrogen and oxygen atoms in total. The molecule has 0 saturated carbocycles. The van der Waals surface area contributed by atoms with Crippen molar-refractivity contribution >= 4 is 40.0 Å². The molecule has 0 fully saturated rings. The number of carbonyl (C=O) groups excluding carboxylic acids is 2. The number of thioether (sulfide) groups is 1. The van der Waals surface area contributed by atoms with E-state index in [-0.39, 0.29) is 18.3 Å². The van der Waals surface area contributed by atoms with Crippen LogP contribution in [0.1, 0.15) is 53.4 Å². The summed E-state index contributed by atoms with van der Waals surface area (Å²) in [7, 11) is 0. The first kappa shape index (κ1) is 24.5.